The van der Waals surface area contributed by atoms with Crippen LogP contribution in [0, 0.1) is 0 Å². The van der Waals surface area contributed by atoms with E-state index < -0.39 is 6.04 Å². The van der Waals surface area contributed by atoms with E-state index in [9.17, 15) is 9.59 Å². The van der Waals surface area contributed by atoms with E-state index in [4.69, 9.17) is 5.73 Å². The van der Waals surface area contributed by atoms with Gasteiger partial charge in [-0.05, 0) is 26.2 Å². The van der Waals surface area contributed by atoms with Gasteiger partial charge in [0, 0.05) is 19.0 Å². The molecule has 1 unspecified atom stereocenters. The van der Waals surface area contributed by atoms with Crippen molar-refractivity contribution in [2.24, 2.45) is 5.73 Å². The fourth-order valence-electron chi connectivity index (χ4n) is 1.59. The highest BCUT2D eigenvalue weighted by Gasteiger charge is 2.32. The van der Waals surface area contributed by atoms with Crippen molar-refractivity contribution < 1.29 is 9.59 Å². The molecule has 0 aromatic carbocycles. The molecule has 1 aliphatic rings. The molecule has 0 aromatic heterocycles. The van der Waals surface area contributed by atoms with Crippen molar-refractivity contribution in [1.82, 2.24) is 10.6 Å². The lowest BCUT2D eigenvalue weighted by Gasteiger charge is -2.38. The van der Waals surface area contributed by atoms with Crippen molar-refractivity contribution in [3.63, 3.8) is 0 Å². The molecule has 94 valence electrons. The molecule has 2 amide bonds. The predicted octanol–water partition coefficient (Wildman–Crippen LogP) is -0.0696. The summed E-state index contributed by atoms with van der Waals surface area (Å²) in [5.41, 5.74) is 5.73. The average molecular weight is 250 g/mol. The first kappa shape index (κ1) is 15.2. The second-order valence-electron chi connectivity index (χ2n) is 4.36. The summed E-state index contributed by atoms with van der Waals surface area (Å²) in [5, 5.41) is 5.27. The fraction of sp³-hybridized carbons (Fsp3) is 0.800. The standard InChI is InChI=1S/C10H19N3O2.ClH/c1-7(13-8(2)14)9(15)12-6-10(11)4-3-5-10;/h7H,3-6,11H2,1-2H3,(H,12,15)(H,13,14);1H. The topological polar surface area (TPSA) is 84.2 Å². The van der Waals surface area contributed by atoms with Crippen LogP contribution < -0.4 is 16.4 Å². The number of amides is 2. The second-order valence-corrected chi connectivity index (χ2v) is 4.36. The Kier molecular flexibility index (Phi) is 5.75. The molecule has 6 heteroatoms. The van der Waals surface area contributed by atoms with Gasteiger partial charge in [0.1, 0.15) is 6.04 Å². The van der Waals surface area contributed by atoms with Gasteiger partial charge in [0.25, 0.3) is 0 Å². The maximum Gasteiger partial charge on any atom is 0.242 e. The van der Waals surface area contributed by atoms with Gasteiger partial charge < -0.3 is 16.4 Å². The minimum absolute atomic E-state index is 0. The number of carbonyl (C=O) groups excluding carboxylic acids is 2. The summed E-state index contributed by atoms with van der Waals surface area (Å²) < 4.78 is 0. The van der Waals surface area contributed by atoms with Crippen molar-refractivity contribution in [1.29, 1.82) is 0 Å². The summed E-state index contributed by atoms with van der Waals surface area (Å²) in [4.78, 5) is 22.2. The van der Waals surface area contributed by atoms with Crippen LogP contribution in [0.5, 0.6) is 0 Å². The Bertz CT molecular complexity index is 267. The molecule has 0 spiro atoms. The Morgan fingerprint density at radius 1 is 1.44 bits per heavy atom. The monoisotopic (exact) mass is 249 g/mol. The first-order chi connectivity index (χ1) is 6.93. The Morgan fingerprint density at radius 3 is 2.38 bits per heavy atom. The Labute approximate surface area is 102 Å². The smallest absolute Gasteiger partial charge is 0.242 e. The van der Waals surface area contributed by atoms with Gasteiger partial charge in [-0.15, -0.1) is 12.4 Å². The molecule has 1 saturated carbocycles. The van der Waals surface area contributed by atoms with Gasteiger partial charge in [-0.1, -0.05) is 0 Å². The van der Waals surface area contributed by atoms with Gasteiger partial charge in [-0.2, -0.15) is 0 Å². The van der Waals surface area contributed by atoms with E-state index in [1.165, 1.54) is 6.92 Å². The van der Waals surface area contributed by atoms with Gasteiger partial charge in [0.15, 0.2) is 0 Å². The van der Waals surface area contributed by atoms with Crippen LogP contribution in [0.15, 0.2) is 0 Å². The number of hydrogen-bond donors (Lipinski definition) is 3. The Hall–Kier alpha value is -0.810. The number of carbonyl (C=O) groups is 2. The van der Waals surface area contributed by atoms with Gasteiger partial charge in [0.2, 0.25) is 11.8 Å². The van der Waals surface area contributed by atoms with E-state index in [1.807, 2.05) is 0 Å². The first-order valence-corrected chi connectivity index (χ1v) is 5.27. The van der Waals surface area contributed by atoms with Crippen molar-refractivity contribution in [3.05, 3.63) is 0 Å². The Balaban J connectivity index is 0.00000225. The lowest BCUT2D eigenvalue weighted by molar-refractivity contribution is -0.127. The van der Waals surface area contributed by atoms with Crippen molar-refractivity contribution in [3.8, 4) is 0 Å². The van der Waals surface area contributed by atoms with E-state index in [0.717, 1.165) is 19.3 Å². The lowest BCUT2D eigenvalue weighted by atomic mass is 9.78. The summed E-state index contributed by atoms with van der Waals surface area (Å²) in [6.45, 7) is 3.54. The SMILES string of the molecule is CC(=O)NC(C)C(=O)NCC1(N)CCC1.Cl. The minimum atomic E-state index is -0.494. The van der Waals surface area contributed by atoms with Crippen molar-refractivity contribution in [2.45, 2.75) is 44.7 Å². The maximum atomic E-state index is 11.5. The van der Waals surface area contributed by atoms with E-state index in [0.29, 0.717) is 6.54 Å². The highest BCUT2D eigenvalue weighted by atomic mass is 35.5. The summed E-state index contributed by atoms with van der Waals surface area (Å²) in [6, 6.07) is -0.494. The quantitative estimate of drug-likeness (QED) is 0.652. The number of hydrogen-bond acceptors (Lipinski definition) is 3. The zero-order chi connectivity index (χ0) is 11.5. The van der Waals surface area contributed by atoms with Gasteiger partial charge in [-0.3, -0.25) is 9.59 Å². The maximum absolute atomic E-state index is 11.5. The summed E-state index contributed by atoms with van der Waals surface area (Å²) in [5.74, 6) is -0.384. The van der Waals surface area contributed by atoms with E-state index in [2.05, 4.69) is 10.6 Å². The molecular formula is C10H20ClN3O2. The molecule has 4 N–H and O–H groups in total. The number of rotatable bonds is 4. The molecule has 1 atom stereocenters. The molecule has 5 nitrogen and oxygen atoms in total. The molecule has 16 heavy (non-hydrogen) atoms. The van der Waals surface area contributed by atoms with Crippen LogP contribution in [0.2, 0.25) is 0 Å². The normalized spacial score (nSPS) is 18.7. The number of halogens is 1. The van der Waals surface area contributed by atoms with E-state index >= 15 is 0 Å². The molecule has 1 fully saturated rings. The Morgan fingerprint density at radius 2 is 2.00 bits per heavy atom. The van der Waals surface area contributed by atoms with E-state index in [-0.39, 0.29) is 29.8 Å². The molecule has 0 heterocycles. The van der Waals surface area contributed by atoms with Crippen LogP contribution in [0.1, 0.15) is 33.1 Å². The minimum Gasteiger partial charge on any atom is -0.352 e. The fourth-order valence-corrected chi connectivity index (χ4v) is 1.59. The number of nitrogens with two attached hydrogens (primary N) is 1. The lowest BCUT2D eigenvalue weighted by Crippen LogP contribution is -2.57. The molecule has 0 aromatic rings. The molecule has 1 aliphatic carbocycles. The third-order valence-electron chi connectivity index (χ3n) is 2.78. The molecule has 0 radical (unpaired) electrons. The van der Waals surface area contributed by atoms with Crippen molar-refractivity contribution >= 4 is 24.2 Å². The predicted molar refractivity (Wildman–Crippen MR) is 64.3 cm³/mol. The largest absolute Gasteiger partial charge is 0.352 e. The first-order valence-electron chi connectivity index (χ1n) is 5.27. The van der Waals surface area contributed by atoms with Crippen LogP contribution in [-0.2, 0) is 9.59 Å². The van der Waals surface area contributed by atoms with Crippen LogP contribution in [-0.4, -0.2) is 29.9 Å². The summed E-state index contributed by atoms with van der Waals surface area (Å²) >= 11 is 0. The summed E-state index contributed by atoms with van der Waals surface area (Å²) in [7, 11) is 0. The van der Waals surface area contributed by atoms with Crippen LogP contribution >= 0.6 is 12.4 Å². The van der Waals surface area contributed by atoms with Crippen LogP contribution in [0.3, 0.4) is 0 Å². The van der Waals surface area contributed by atoms with E-state index in [1.54, 1.807) is 6.92 Å². The highest BCUT2D eigenvalue weighted by molar-refractivity contribution is 5.86. The highest BCUT2D eigenvalue weighted by Crippen LogP contribution is 2.27. The third-order valence-corrected chi connectivity index (χ3v) is 2.78. The summed E-state index contributed by atoms with van der Waals surface area (Å²) in [6.07, 6.45) is 3.05. The third kappa shape index (κ3) is 4.37. The molecule has 0 aliphatic heterocycles. The van der Waals surface area contributed by atoms with Crippen molar-refractivity contribution in [2.75, 3.05) is 6.54 Å². The van der Waals surface area contributed by atoms with Gasteiger partial charge >= 0.3 is 0 Å². The zero-order valence-corrected chi connectivity index (χ0v) is 10.5. The average Bonchev–Trinajstić information content (AvgIpc) is 2.10. The zero-order valence-electron chi connectivity index (χ0n) is 9.71. The van der Waals surface area contributed by atoms with Gasteiger partial charge in [0.05, 0.1) is 0 Å². The molecule has 0 saturated heterocycles. The molecular weight excluding hydrogens is 230 g/mol. The molecule has 0 bridgehead atoms. The van der Waals surface area contributed by atoms with Crippen LogP contribution in [0.25, 0.3) is 0 Å². The second kappa shape index (κ2) is 6.06. The van der Waals surface area contributed by atoms with Crippen LogP contribution in [0.4, 0.5) is 0 Å². The number of nitrogens with one attached hydrogen (secondary N) is 2. The molecule has 1 rings (SSSR count). The van der Waals surface area contributed by atoms with Gasteiger partial charge in [-0.25, -0.2) is 0 Å².